The zero-order valence-electron chi connectivity index (χ0n) is 8.09. The number of nitrogen functional groups attached to an aromatic ring is 1. The van der Waals surface area contributed by atoms with Crippen molar-refractivity contribution in [1.82, 2.24) is 5.32 Å². The highest BCUT2D eigenvalue weighted by Crippen LogP contribution is 2.27. The zero-order chi connectivity index (χ0) is 9.97. The average molecular weight is 194 g/mol. The highest BCUT2D eigenvalue weighted by molar-refractivity contribution is 5.48. The Kier molecular flexibility index (Phi) is 2.68. The monoisotopic (exact) mass is 194 g/mol. The Morgan fingerprint density at radius 1 is 1.36 bits per heavy atom. The molecule has 76 valence electrons. The molecule has 0 aliphatic carbocycles. The summed E-state index contributed by atoms with van der Waals surface area (Å²) in [4.78, 5) is 0. The molecule has 3 N–H and O–H groups in total. The summed E-state index contributed by atoms with van der Waals surface area (Å²) in [6, 6.07) is 4.96. The van der Waals surface area contributed by atoms with Gasteiger partial charge in [-0.3, -0.25) is 0 Å². The third-order valence-electron chi connectivity index (χ3n) is 2.73. The number of nitrogens with one attached hydrogen (secondary N) is 1. The van der Waals surface area contributed by atoms with Gasteiger partial charge in [0.25, 0.3) is 0 Å². The largest absolute Gasteiger partial charge is 0.398 e. The first kappa shape index (κ1) is 9.46. The van der Waals surface area contributed by atoms with Gasteiger partial charge in [-0.25, -0.2) is 4.39 Å². The molecule has 1 fully saturated rings. The van der Waals surface area contributed by atoms with Gasteiger partial charge in [-0.15, -0.1) is 0 Å². The van der Waals surface area contributed by atoms with Gasteiger partial charge in [0.15, 0.2) is 0 Å². The Labute approximate surface area is 83.3 Å². The number of nitrogens with two attached hydrogens (primary N) is 1. The van der Waals surface area contributed by atoms with Crippen molar-refractivity contribution in [3.8, 4) is 0 Å². The molecule has 0 saturated carbocycles. The van der Waals surface area contributed by atoms with E-state index in [0.29, 0.717) is 11.7 Å². The summed E-state index contributed by atoms with van der Waals surface area (Å²) >= 11 is 0. The van der Waals surface area contributed by atoms with Crippen molar-refractivity contribution in [2.45, 2.75) is 25.3 Å². The number of anilines is 1. The van der Waals surface area contributed by atoms with Crippen molar-refractivity contribution in [2.24, 2.45) is 0 Å². The van der Waals surface area contributed by atoms with E-state index in [1.807, 2.05) is 0 Å². The zero-order valence-corrected chi connectivity index (χ0v) is 8.09. The highest BCUT2D eigenvalue weighted by Gasteiger charge is 2.16. The molecule has 3 heteroatoms. The summed E-state index contributed by atoms with van der Waals surface area (Å²) in [5.74, 6) is -0.262. The first-order chi connectivity index (χ1) is 6.77. The van der Waals surface area contributed by atoms with Gasteiger partial charge < -0.3 is 11.1 Å². The van der Waals surface area contributed by atoms with Crippen LogP contribution >= 0.6 is 0 Å². The van der Waals surface area contributed by atoms with Crippen LogP contribution in [-0.4, -0.2) is 6.54 Å². The summed E-state index contributed by atoms with van der Waals surface area (Å²) in [6.07, 6.45) is 3.53. The second kappa shape index (κ2) is 3.96. The Bertz CT molecular complexity index is 319. The fourth-order valence-electron chi connectivity index (χ4n) is 1.98. The van der Waals surface area contributed by atoms with Gasteiger partial charge in [-0.2, -0.15) is 0 Å². The molecule has 14 heavy (non-hydrogen) atoms. The van der Waals surface area contributed by atoms with Gasteiger partial charge in [-0.1, -0.05) is 12.5 Å². The smallest absolute Gasteiger partial charge is 0.125 e. The van der Waals surface area contributed by atoms with Crippen molar-refractivity contribution < 1.29 is 4.39 Å². The molecule has 2 nitrogen and oxygen atoms in total. The van der Waals surface area contributed by atoms with Crippen molar-refractivity contribution >= 4 is 5.69 Å². The Balaban J connectivity index is 2.22. The molecular weight excluding hydrogens is 179 g/mol. The molecule has 1 saturated heterocycles. The maximum atomic E-state index is 12.8. The molecule has 1 aromatic carbocycles. The Morgan fingerprint density at radius 3 is 2.86 bits per heavy atom. The molecule has 0 radical (unpaired) electrons. The SMILES string of the molecule is Nc1cc(F)ccc1[C@@H]1CCCCN1. The Morgan fingerprint density at radius 2 is 2.21 bits per heavy atom. The highest BCUT2D eigenvalue weighted by atomic mass is 19.1. The third kappa shape index (κ3) is 1.87. The summed E-state index contributed by atoms with van der Waals surface area (Å²) in [6.45, 7) is 1.03. The van der Waals surface area contributed by atoms with Gasteiger partial charge >= 0.3 is 0 Å². The van der Waals surface area contributed by atoms with Crippen LogP contribution in [0.15, 0.2) is 18.2 Å². The minimum absolute atomic E-state index is 0.262. The molecule has 0 aromatic heterocycles. The number of piperidine rings is 1. The third-order valence-corrected chi connectivity index (χ3v) is 2.73. The molecule has 1 atom stereocenters. The summed E-state index contributed by atoms with van der Waals surface area (Å²) < 4.78 is 12.8. The van der Waals surface area contributed by atoms with E-state index in [2.05, 4.69) is 5.32 Å². The fourth-order valence-corrected chi connectivity index (χ4v) is 1.98. The van der Waals surface area contributed by atoms with Crippen molar-refractivity contribution in [2.75, 3.05) is 12.3 Å². The lowest BCUT2D eigenvalue weighted by atomic mass is 9.96. The van der Waals surface area contributed by atoms with Gasteiger partial charge in [0.05, 0.1) is 0 Å². The molecule has 1 heterocycles. The van der Waals surface area contributed by atoms with Crippen LogP contribution < -0.4 is 11.1 Å². The first-order valence-electron chi connectivity index (χ1n) is 5.05. The summed E-state index contributed by atoms with van der Waals surface area (Å²) in [5, 5.41) is 3.39. The molecule has 1 aromatic rings. The second-order valence-corrected chi connectivity index (χ2v) is 3.78. The van der Waals surface area contributed by atoms with Crippen LogP contribution in [0.2, 0.25) is 0 Å². The first-order valence-corrected chi connectivity index (χ1v) is 5.05. The van der Waals surface area contributed by atoms with Crippen LogP contribution in [-0.2, 0) is 0 Å². The molecule has 2 rings (SSSR count). The average Bonchev–Trinajstić information content (AvgIpc) is 2.19. The van der Waals surface area contributed by atoms with Crippen molar-refractivity contribution in [3.63, 3.8) is 0 Å². The van der Waals surface area contributed by atoms with Crippen molar-refractivity contribution in [1.29, 1.82) is 0 Å². The lowest BCUT2D eigenvalue weighted by molar-refractivity contribution is 0.413. The molecule has 0 spiro atoms. The van der Waals surface area contributed by atoms with Crippen molar-refractivity contribution in [3.05, 3.63) is 29.6 Å². The number of hydrogen-bond donors (Lipinski definition) is 2. The van der Waals surface area contributed by atoms with E-state index in [-0.39, 0.29) is 5.82 Å². The maximum Gasteiger partial charge on any atom is 0.125 e. The summed E-state index contributed by atoms with van der Waals surface area (Å²) in [7, 11) is 0. The lowest BCUT2D eigenvalue weighted by Gasteiger charge is -2.24. The topological polar surface area (TPSA) is 38.0 Å². The van der Waals surface area contributed by atoms with E-state index in [1.54, 1.807) is 6.07 Å². The summed E-state index contributed by atoms with van der Waals surface area (Å²) in [5.41, 5.74) is 7.37. The van der Waals surface area contributed by atoms with E-state index in [1.165, 1.54) is 25.0 Å². The minimum atomic E-state index is -0.262. The molecule has 0 unspecified atom stereocenters. The van der Waals surface area contributed by atoms with Gasteiger partial charge in [0.1, 0.15) is 5.82 Å². The molecular formula is C11H15FN2. The predicted molar refractivity (Wildman–Crippen MR) is 55.4 cm³/mol. The predicted octanol–water partition coefficient (Wildman–Crippen LogP) is 2.22. The van der Waals surface area contributed by atoms with E-state index in [9.17, 15) is 4.39 Å². The number of hydrogen-bond acceptors (Lipinski definition) is 2. The lowest BCUT2D eigenvalue weighted by Crippen LogP contribution is -2.27. The molecule has 1 aliphatic rings. The van der Waals surface area contributed by atoms with E-state index < -0.39 is 0 Å². The van der Waals surface area contributed by atoms with Gasteiger partial charge in [0.2, 0.25) is 0 Å². The number of halogens is 1. The molecule has 0 amide bonds. The molecule has 0 bridgehead atoms. The molecule has 1 aliphatic heterocycles. The van der Waals surface area contributed by atoms with Crippen LogP contribution in [0.3, 0.4) is 0 Å². The van der Waals surface area contributed by atoms with E-state index >= 15 is 0 Å². The van der Waals surface area contributed by atoms with Crippen LogP contribution in [0.4, 0.5) is 10.1 Å². The van der Waals surface area contributed by atoms with Crippen LogP contribution in [0.5, 0.6) is 0 Å². The maximum absolute atomic E-state index is 12.8. The van der Waals surface area contributed by atoms with Gasteiger partial charge in [0, 0.05) is 11.7 Å². The van der Waals surface area contributed by atoms with Crippen LogP contribution in [0, 0.1) is 5.82 Å². The normalized spacial score (nSPS) is 22.2. The quantitative estimate of drug-likeness (QED) is 0.673. The van der Waals surface area contributed by atoms with Gasteiger partial charge in [-0.05, 0) is 37.1 Å². The minimum Gasteiger partial charge on any atom is -0.398 e. The van der Waals surface area contributed by atoms with E-state index in [0.717, 1.165) is 18.5 Å². The Hall–Kier alpha value is -1.09. The van der Waals surface area contributed by atoms with E-state index in [4.69, 9.17) is 5.73 Å². The fraction of sp³-hybridized carbons (Fsp3) is 0.455. The number of benzene rings is 1. The standard InChI is InChI=1S/C11H15FN2/c12-8-4-5-9(10(13)7-8)11-3-1-2-6-14-11/h4-5,7,11,14H,1-3,6,13H2/t11-/m0/s1. The number of rotatable bonds is 1. The second-order valence-electron chi connectivity index (χ2n) is 3.78. The van der Waals surface area contributed by atoms with Crippen LogP contribution in [0.1, 0.15) is 30.9 Å². The van der Waals surface area contributed by atoms with Crippen LogP contribution in [0.25, 0.3) is 0 Å².